The fourth-order valence-electron chi connectivity index (χ4n) is 3.38. The summed E-state index contributed by atoms with van der Waals surface area (Å²) < 4.78 is 16.0. The van der Waals surface area contributed by atoms with E-state index < -0.39 is 0 Å². The highest BCUT2D eigenvalue weighted by Crippen LogP contribution is 2.29. The van der Waals surface area contributed by atoms with Gasteiger partial charge in [0.05, 0.1) is 26.4 Å². The van der Waals surface area contributed by atoms with Gasteiger partial charge in [0.2, 0.25) is 0 Å². The number of esters is 1. The van der Waals surface area contributed by atoms with Gasteiger partial charge in [-0.1, -0.05) is 23.8 Å². The minimum Gasteiger partial charge on any atom is -0.496 e. The van der Waals surface area contributed by atoms with Crippen molar-refractivity contribution < 1.29 is 23.8 Å². The van der Waals surface area contributed by atoms with Crippen molar-refractivity contribution >= 4 is 11.8 Å². The van der Waals surface area contributed by atoms with E-state index in [1.165, 1.54) is 14.2 Å². The largest absolute Gasteiger partial charge is 0.496 e. The average molecular weight is 384 g/mol. The van der Waals surface area contributed by atoms with E-state index in [1.807, 2.05) is 32.9 Å². The Bertz CT molecular complexity index is 809. The number of hydrogen-bond acceptors (Lipinski definition) is 5. The Labute approximate surface area is 166 Å². The van der Waals surface area contributed by atoms with Crippen LogP contribution in [0.5, 0.6) is 11.5 Å². The maximum atomic E-state index is 12.6. The smallest absolute Gasteiger partial charge is 0.338 e. The van der Waals surface area contributed by atoms with Crippen LogP contribution in [0.2, 0.25) is 0 Å². The summed E-state index contributed by atoms with van der Waals surface area (Å²) in [4.78, 5) is 24.9. The van der Waals surface area contributed by atoms with E-state index in [2.05, 4.69) is 0 Å². The molecule has 0 unspecified atom stereocenters. The summed E-state index contributed by atoms with van der Waals surface area (Å²) in [7, 11) is 3.06. The molecule has 150 valence electrons. The van der Waals surface area contributed by atoms with Gasteiger partial charge in [-0.25, -0.2) is 4.79 Å². The van der Waals surface area contributed by atoms with Gasteiger partial charge in [-0.15, -0.1) is 0 Å². The van der Waals surface area contributed by atoms with Crippen LogP contribution < -0.4 is 9.47 Å². The molecule has 0 amide bonds. The summed E-state index contributed by atoms with van der Waals surface area (Å²) in [6.45, 7) is 6.11. The Morgan fingerprint density at radius 1 is 0.857 bits per heavy atom. The van der Waals surface area contributed by atoms with Crippen LogP contribution in [0.1, 0.15) is 56.7 Å². The summed E-state index contributed by atoms with van der Waals surface area (Å²) in [5.74, 6) is 0.640. The lowest BCUT2D eigenvalue weighted by Crippen LogP contribution is -2.11. The summed E-state index contributed by atoms with van der Waals surface area (Å²) in [6.07, 6.45) is 1.55. The van der Waals surface area contributed by atoms with Crippen LogP contribution in [0.4, 0.5) is 0 Å². The third-order valence-electron chi connectivity index (χ3n) is 4.62. The van der Waals surface area contributed by atoms with Gasteiger partial charge in [-0.2, -0.15) is 0 Å². The molecule has 0 saturated carbocycles. The molecule has 0 fully saturated rings. The second-order valence-corrected chi connectivity index (χ2v) is 6.83. The van der Waals surface area contributed by atoms with E-state index in [0.29, 0.717) is 41.9 Å². The average Bonchev–Trinajstić information content (AvgIpc) is 2.65. The summed E-state index contributed by atoms with van der Waals surface area (Å²) in [5.41, 5.74) is 4.04. The van der Waals surface area contributed by atoms with Crippen LogP contribution in [0.25, 0.3) is 0 Å². The zero-order valence-electron chi connectivity index (χ0n) is 17.3. The van der Waals surface area contributed by atoms with Crippen molar-refractivity contribution in [3.05, 3.63) is 58.1 Å². The SMILES string of the molecule is COc1cccc(OC)c1C(=O)CCCCOC(=O)c1c(C)cc(C)cc1C. The predicted molar refractivity (Wildman–Crippen MR) is 109 cm³/mol. The zero-order chi connectivity index (χ0) is 20.7. The van der Waals surface area contributed by atoms with Crippen molar-refractivity contribution in [2.45, 2.75) is 40.0 Å². The Morgan fingerprint density at radius 3 is 1.96 bits per heavy atom. The van der Waals surface area contributed by atoms with E-state index in [-0.39, 0.29) is 18.4 Å². The molecule has 0 aromatic heterocycles. The van der Waals surface area contributed by atoms with Gasteiger partial charge in [0.1, 0.15) is 17.1 Å². The summed E-state index contributed by atoms with van der Waals surface area (Å²) in [6, 6.07) is 9.21. The summed E-state index contributed by atoms with van der Waals surface area (Å²) >= 11 is 0. The molecule has 2 aromatic carbocycles. The first kappa shape index (κ1) is 21.5. The molecule has 0 atom stereocenters. The van der Waals surface area contributed by atoms with E-state index >= 15 is 0 Å². The third kappa shape index (κ3) is 5.12. The van der Waals surface area contributed by atoms with Crippen molar-refractivity contribution in [2.75, 3.05) is 20.8 Å². The minimum atomic E-state index is -0.312. The van der Waals surface area contributed by atoms with E-state index in [9.17, 15) is 9.59 Å². The van der Waals surface area contributed by atoms with Crippen molar-refractivity contribution in [1.82, 2.24) is 0 Å². The first-order valence-corrected chi connectivity index (χ1v) is 9.38. The highest BCUT2D eigenvalue weighted by atomic mass is 16.5. The number of Topliss-reactive ketones (excluding diaryl/α,β-unsaturated/α-hetero) is 1. The van der Waals surface area contributed by atoms with Crippen LogP contribution in [-0.4, -0.2) is 32.6 Å². The molecule has 0 aliphatic rings. The second kappa shape index (κ2) is 9.93. The minimum absolute atomic E-state index is 0.0501. The number of methoxy groups -OCH3 is 2. The van der Waals surface area contributed by atoms with Crippen LogP contribution in [0.15, 0.2) is 30.3 Å². The summed E-state index contributed by atoms with van der Waals surface area (Å²) in [5, 5.41) is 0. The molecule has 0 radical (unpaired) electrons. The molecule has 0 bridgehead atoms. The molecular formula is C23H28O5. The maximum absolute atomic E-state index is 12.6. The topological polar surface area (TPSA) is 61.8 Å². The first-order chi connectivity index (χ1) is 13.4. The van der Waals surface area contributed by atoms with Crippen LogP contribution in [0, 0.1) is 20.8 Å². The lowest BCUT2D eigenvalue weighted by atomic mass is 10.00. The second-order valence-electron chi connectivity index (χ2n) is 6.83. The van der Waals surface area contributed by atoms with Crippen molar-refractivity contribution in [2.24, 2.45) is 0 Å². The number of unbranched alkanes of at least 4 members (excludes halogenated alkanes) is 1. The molecule has 28 heavy (non-hydrogen) atoms. The quantitative estimate of drug-likeness (QED) is 0.352. The van der Waals surface area contributed by atoms with E-state index in [1.54, 1.807) is 18.2 Å². The Kier molecular flexibility index (Phi) is 7.61. The van der Waals surface area contributed by atoms with Gasteiger partial charge in [0, 0.05) is 6.42 Å². The third-order valence-corrected chi connectivity index (χ3v) is 4.62. The van der Waals surface area contributed by atoms with Gasteiger partial charge >= 0.3 is 5.97 Å². The molecule has 2 rings (SSSR count). The number of rotatable bonds is 9. The highest BCUT2D eigenvalue weighted by Gasteiger charge is 2.18. The van der Waals surface area contributed by atoms with Gasteiger partial charge in [-0.3, -0.25) is 4.79 Å². The van der Waals surface area contributed by atoms with Crippen LogP contribution in [0.3, 0.4) is 0 Å². The number of carbonyl (C=O) groups is 2. The molecule has 0 heterocycles. The van der Waals surface area contributed by atoms with Crippen molar-refractivity contribution in [1.29, 1.82) is 0 Å². The van der Waals surface area contributed by atoms with Crippen LogP contribution in [-0.2, 0) is 4.74 Å². The maximum Gasteiger partial charge on any atom is 0.338 e. The van der Waals surface area contributed by atoms with Gasteiger partial charge in [0.15, 0.2) is 5.78 Å². The number of carbonyl (C=O) groups excluding carboxylic acids is 2. The number of aryl methyl sites for hydroxylation is 3. The molecule has 0 saturated heterocycles. The van der Waals surface area contributed by atoms with Crippen molar-refractivity contribution in [3.8, 4) is 11.5 Å². The Hall–Kier alpha value is -2.82. The molecule has 5 nitrogen and oxygen atoms in total. The number of benzene rings is 2. The molecule has 5 heteroatoms. The normalized spacial score (nSPS) is 10.5. The van der Waals surface area contributed by atoms with E-state index in [0.717, 1.165) is 16.7 Å². The molecule has 2 aromatic rings. The van der Waals surface area contributed by atoms with Gasteiger partial charge in [-0.05, 0) is 56.9 Å². The highest BCUT2D eigenvalue weighted by molar-refractivity contribution is 6.01. The lowest BCUT2D eigenvalue weighted by molar-refractivity contribution is 0.0496. The monoisotopic (exact) mass is 384 g/mol. The standard InChI is InChI=1S/C23H28O5/c1-15-13-16(2)21(17(3)14-15)23(25)28-12-7-6-9-18(24)22-19(26-4)10-8-11-20(22)27-5/h8,10-11,13-14H,6-7,9,12H2,1-5H3. The first-order valence-electron chi connectivity index (χ1n) is 9.38. The fourth-order valence-corrected chi connectivity index (χ4v) is 3.38. The molecule has 0 N–H and O–H groups in total. The Morgan fingerprint density at radius 2 is 1.43 bits per heavy atom. The number of hydrogen-bond donors (Lipinski definition) is 0. The lowest BCUT2D eigenvalue weighted by Gasteiger charge is -2.12. The van der Waals surface area contributed by atoms with Crippen LogP contribution >= 0.6 is 0 Å². The molecule has 0 aliphatic heterocycles. The zero-order valence-corrected chi connectivity index (χ0v) is 17.3. The Balaban J connectivity index is 1.87. The van der Waals surface area contributed by atoms with Gasteiger partial charge in [0.25, 0.3) is 0 Å². The molecular weight excluding hydrogens is 356 g/mol. The number of ether oxygens (including phenoxy) is 3. The van der Waals surface area contributed by atoms with Crippen molar-refractivity contribution in [3.63, 3.8) is 0 Å². The molecule has 0 aliphatic carbocycles. The van der Waals surface area contributed by atoms with Gasteiger partial charge < -0.3 is 14.2 Å². The fraction of sp³-hybridized carbons (Fsp3) is 0.391. The molecule has 0 spiro atoms. The van der Waals surface area contributed by atoms with E-state index in [4.69, 9.17) is 14.2 Å². The predicted octanol–water partition coefficient (Wildman–Crippen LogP) is 4.84. The number of ketones is 1.